The van der Waals surface area contributed by atoms with Crippen LogP contribution in [0.1, 0.15) is 6.92 Å². The van der Waals surface area contributed by atoms with E-state index >= 15 is 0 Å². The quantitative estimate of drug-likeness (QED) is 0.570. The van der Waals surface area contributed by atoms with Crippen molar-refractivity contribution in [3.05, 3.63) is 53.6 Å². The lowest BCUT2D eigenvalue weighted by Gasteiger charge is -2.29. The van der Waals surface area contributed by atoms with Gasteiger partial charge in [0.2, 0.25) is 21.1 Å². The molecule has 0 saturated carbocycles. The van der Waals surface area contributed by atoms with Crippen LogP contribution in [0.4, 0.5) is 10.8 Å². The highest BCUT2D eigenvalue weighted by Gasteiger charge is 2.32. The number of carbonyl (C=O) groups is 1. The molecule has 0 unspecified atom stereocenters. The van der Waals surface area contributed by atoms with Crippen LogP contribution in [-0.4, -0.2) is 43.9 Å². The minimum atomic E-state index is -3.84. The Kier molecular flexibility index (Phi) is 6.59. The molecule has 2 aromatic carbocycles. The SMILES string of the molecule is COc1ccc(Cl)cc1N([C@@H](C)C(=O)Nc1nnc(-c2ccccc2)s1)S(C)(=O)=O. The van der Waals surface area contributed by atoms with E-state index < -0.39 is 22.0 Å². The molecule has 158 valence electrons. The summed E-state index contributed by atoms with van der Waals surface area (Å²) in [5.74, 6) is -0.301. The van der Waals surface area contributed by atoms with Crippen LogP contribution < -0.4 is 14.4 Å². The highest BCUT2D eigenvalue weighted by molar-refractivity contribution is 7.92. The average molecular weight is 467 g/mol. The summed E-state index contributed by atoms with van der Waals surface area (Å²) in [6, 6.07) is 12.8. The zero-order valence-corrected chi connectivity index (χ0v) is 18.8. The molecule has 11 heteroatoms. The lowest BCUT2D eigenvalue weighted by Crippen LogP contribution is -2.45. The second-order valence-electron chi connectivity index (χ2n) is 6.32. The van der Waals surface area contributed by atoms with Crippen molar-refractivity contribution in [2.75, 3.05) is 23.0 Å². The lowest BCUT2D eigenvalue weighted by molar-refractivity contribution is -0.116. The van der Waals surface area contributed by atoms with Crippen LogP contribution >= 0.6 is 22.9 Å². The molecule has 3 rings (SSSR count). The molecule has 0 bridgehead atoms. The first-order valence-electron chi connectivity index (χ1n) is 8.73. The van der Waals surface area contributed by atoms with Crippen LogP contribution in [0.15, 0.2) is 48.5 Å². The third kappa shape index (κ3) is 4.89. The summed E-state index contributed by atoms with van der Waals surface area (Å²) in [6.45, 7) is 1.47. The predicted molar refractivity (Wildman–Crippen MR) is 119 cm³/mol. The number of ether oxygens (including phenoxy) is 1. The van der Waals surface area contributed by atoms with E-state index in [0.29, 0.717) is 10.0 Å². The normalized spacial score (nSPS) is 12.3. The third-order valence-corrected chi connectivity index (χ3v) is 6.49. The Balaban J connectivity index is 1.87. The fourth-order valence-corrected chi connectivity index (χ4v) is 4.89. The maximum Gasteiger partial charge on any atom is 0.249 e. The zero-order valence-electron chi connectivity index (χ0n) is 16.4. The van der Waals surface area contributed by atoms with Crippen molar-refractivity contribution in [2.24, 2.45) is 0 Å². The van der Waals surface area contributed by atoms with E-state index in [2.05, 4.69) is 15.5 Å². The minimum Gasteiger partial charge on any atom is -0.495 e. The number of rotatable bonds is 7. The van der Waals surface area contributed by atoms with Gasteiger partial charge in [-0.1, -0.05) is 53.3 Å². The summed E-state index contributed by atoms with van der Waals surface area (Å²) in [5, 5.41) is 11.9. The molecule has 1 N–H and O–H groups in total. The van der Waals surface area contributed by atoms with Crippen LogP contribution in [0, 0.1) is 0 Å². The molecule has 1 amide bonds. The Labute approximate surface area is 183 Å². The number of benzene rings is 2. The van der Waals surface area contributed by atoms with Crippen LogP contribution in [0.5, 0.6) is 5.75 Å². The lowest BCUT2D eigenvalue weighted by atomic mass is 10.2. The van der Waals surface area contributed by atoms with Crippen LogP contribution in [0.3, 0.4) is 0 Å². The number of sulfonamides is 1. The summed E-state index contributed by atoms with van der Waals surface area (Å²) >= 11 is 7.24. The van der Waals surface area contributed by atoms with E-state index in [-0.39, 0.29) is 16.6 Å². The van der Waals surface area contributed by atoms with Crippen molar-refractivity contribution in [3.8, 4) is 16.3 Å². The first-order chi connectivity index (χ1) is 14.2. The Morgan fingerprint density at radius 1 is 1.20 bits per heavy atom. The topological polar surface area (TPSA) is 101 Å². The molecule has 0 saturated heterocycles. The number of aromatic nitrogens is 2. The molecule has 8 nitrogen and oxygen atoms in total. The summed E-state index contributed by atoms with van der Waals surface area (Å²) in [7, 11) is -2.43. The molecular weight excluding hydrogens is 448 g/mol. The Hall–Kier alpha value is -2.69. The van der Waals surface area contributed by atoms with Gasteiger partial charge in [-0.05, 0) is 25.1 Å². The fourth-order valence-electron chi connectivity index (χ4n) is 2.80. The van der Waals surface area contributed by atoms with Crippen LogP contribution in [0.2, 0.25) is 5.02 Å². The highest BCUT2D eigenvalue weighted by atomic mass is 35.5. The molecule has 3 aromatic rings. The maximum absolute atomic E-state index is 12.9. The van der Waals surface area contributed by atoms with E-state index in [1.165, 1.54) is 37.5 Å². The van der Waals surface area contributed by atoms with Gasteiger partial charge in [0.05, 0.1) is 19.1 Å². The number of halogens is 1. The maximum atomic E-state index is 12.9. The summed E-state index contributed by atoms with van der Waals surface area (Å²) in [4.78, 5) is 12.9. The largest absolute Gasteiger partial charge is 0.495 e. The van der Waals surface area contributed by atoms with Crippen molar-refractivity contribution < 1.29 is 17.9 Å². The van der Waals surface area contributed by atoms with Crippen molar-refractivity contribution in [2.45, 2.75) is 13.0 Å². The summed E-state index contributed by atoms with van der Waals surface area (Å²) in [6.07, 6.45) is 1.01. The highest BCUT2D eigenvalue weighted by Crippen LogP contribution is 2.34. The number of amides is 1. The van der Waals surface area contributed by atoms with Crippen molar-refractivity contribution in [1.82, 2.24) is 10.2 Å². The molecule has 30 heavy (non-hydrogen) atoms. The first-order valence-corrected chi connectivity index (χ1v) is 11.8. The van der Waals surface area contributed by atoms with Crippen LogP contribution in [0.25, 0.3) is 10.6 Å². The molecule has 1 heterocycles. The van der Waals surface area contributed by atoms with Gasteiger partial charge in [0.25, 0.3) is 0 Å². The zero-order chi connectivity index (χ0) is 21.9. The summed E-state index contributed by atoms with van der Waals surface area (Å²) in [5.41, 5.74) is 1.03. The smallest absolute Gasteiger partial charge is 0.249 e. The Morgan fingerprint density at radius 2 is 1.90 bits per heavy atom. The molecule has 1 aromatic heterocycles. The number of nitrogens with zero attached hydrogens (tertiary/aromatic N) is 3. The molecule has 0 aliphatic carbocycles. The van der Waals surface area contributed by atoms with E-state index in [9.17, 15) is 13.2 Å². The third-order valence-electron chi connectivity index (χ3n) is 4.14. The Bertz CT molecular complexity index is 1150. The number of methoxy groups -OCH3 is 1. The number of hydrogen-bond acceptors (Lipinski definition) is 7. The molecule has 0 spiro atoms. The van der Waals surface area contributed by atoms with Crippen molar-refractivity contribution >= 4 is 49.7 Å². The van der Waals surface area contributed by atoms with Crippen molar-refractivity contribution in [3.63, 3.8) is 0 Å². The van der Waals surface area contributed by atoms with E-state index in [4.69, 9.17) is 16.3 Å². The number of hydrogen-bond donors (Lipinski definition) is 1. The molecule has 0 aliphatic rings. The molecule has 0 aliphatic heterocycles. The molecule has 1 atom stereocenters. The second kappa shape index (κ2) is 8.99. The van der Waals surface area contributed by atoms with E-state index in [0.717, 1.165) is 16.1 Å². The molecule has 0 radical (unpaired) electrons. The monoisotopic (exact) mass is 466 g/mol. The van der Waals surface area contributed by atoms with Gasteiger partial charge in [0.1, 0.15) is 16.8 Å². The van der Waals surface area contributed by atoms with Gasteiger partial charge in [-0.15, -0.1) is 10.2 Å². The summed E-state index contributed by atoms with van der Waals surface area (Å²) < 4.78 is 31.3. The number of nitrogens with one attached hydrogen (secondary N) is 1. The second-order valence-corrected chi connectivity index (χ2v) is 9.59. The minimum absolute atomic E-state index is 0.164. The first kappa shape index (κ1) is 22.0. The molecular formula is C19H19ClN4O4S2. The van der Waals surface area contributed by atoms with Gasteiger partial charge in [0.15, 0.2) is 0 Å². The average Bonchev–Trinajstić information content (AvgIpc) is 3.16. The van der Waals surface area contributed by atoms with E-state index in [1.807, 2.05) is 30.3 Å². The number of carbonyl (C=O) groups excluding carboxylic acids is 1. The number of anilines is 2. The van der Waals surface area contributed by atoms with Gasteiger partial charge < -0.3 is 4.74 Å². The van der Waals surface area contributed by atoms with Gasteiger partial charge in [-0.2, -0.15) is 0 Å². The van der Waals surface area contributed by atoms with Crippen LogP contribution in [-0.2, 0) is 14.8 Å². The van der Waals surface area contributed by atoms with Gasteiger partial charge >= 0.3 is 0 Å². The van der Waals surface area contributed by atoms with E-state index in [1.54, 1.807) is 6.07 Å². The van der Waals surface area contributed by atoms with Crippen molar-refractivity contribution in [1.29, 1.82) is 0 Å². The van der Waals surface area contributed by atoms with Gasteiger partial charge in [0, 0.05) is 10.6 Å². The fraction of sp³-hybridized carbons (Fsp3) is 0.211. The standard InChI is InChI=1S/C19H19ClN4O4S2/c1-12(24(30(3,26)27)15-11-14(20)9-10-16(15)28-2)17(25)21-19-23-22-18(29-19)13-7-5-4-6-8-13/h4-12H,1-3H3,(H,21,23,25)/t12-/m0/s1. The van der Waals surface area contributed by atoms with Gasteiger partial charge in [-0.3, -0.25) is 14.4 Å². The predicted octanol–water partition coefficient (Wildman–Crippen LogP) is 3.66. The molecule has 0 fully saturated rings. The Morgan fingerprint density at radius 3 is 2.53 bits per heavy atom. The van der Waals surface area contributed by atoms with Gasteiger partial charge in [-0.25, -0.2) is 8.42 Å².